The van der Waals surface area contributed by atoms with E-state index in [1.54, 1.807) is 19.1 Å². The van der Waals surface area contributed by atoms with Crippen LogP contribution >= 0.6 is 11.3 Å². The summed E-state index contributed by atoms with van der Waals surface area (Å²) in [6, 6.07) is 7.18. The van der Waals surface area contributed by atoms with Crippen molar-refractivity contribution in [3.63, 3.8) is 0 Å². The Labute approximate surface area is 124 Å². The predicted molar refractivity (Wildman–Crippen MR) is 73.8 cm³/mol. The van der Waals surface area contributed by atoms with Gasteiger partial charge in [0.25, 0.3) is 0 Å². The van der Waals surface area contributed by atoms with E-state index in [1.807, 2.05) is 12.1 Å². The molecule has 0 aliphatic carbocycles. The number of methoxy groups -OCH3 is 1. The number of benzene rings is 1. The van der Waals surface area contributed by atoms with Gasteiger partial charge in [0.15, 0.2) is 0 Å². The fourth-order valence-electron chi connectivity index (χ4n) is 1.76. The molecule has 3 nitrogen and oxygen atoms in total. The minimum absolute atomic E-state index is 0.0423. The molecule has 0 saturated heterocycles. The molecular weight excluding hydrogens is 303 g/mol. The molecule has 0 bridgehead atoms. The highest BCUT2D eigenvalue weighted by Gasteiger charge is 2.36. The van der Waals surface area contributed by atoms with Crippen molar-refractivity contribution in [3.05, 3.63) is 39.7 Å². The smallest absolute Gasteiger partial charge is 0.443 e. The van der Waals surface area contributed by atoms with Crippen molar-refractivity contribution >= 4 is 11.3 Å². The van der Waals surface area contributed by atoms with E-state index in [9.17, 15) is 13.2 Å². The Morgan fingerprint density at radius 2 is 1.95 bits per heavy atom. The van der Waals surface area contributed by atoms with Crippen LogP contribution in [0.5, 0.6) is 11.6 Å². The molecule has 2 rings (SSSR count). The third kappa shape index (κ3) is 3.66. The van der Waals surface area contributed by atoms with Gasteiger partial charge in [0.2, 0.25) is 10.9 Å². The van der Waals surface area contributed by atoms with Gasteiger partial charge in [-0.25, -0.2) is 0 Å². The molecule has 0 amide bonds. The molecule has 2 aromatic rings. The third-order valence-electron chi connectivity index (χ3n) is 2.78. The minimum atomic E-state index is -4.44. The van der Waals surface area contributed by atoms with Gasteiger partial charge in [-0.15, -0.1) is 11.3 Å². The van der Waals surface area contributed by atoms with E-state index in [0.717, 1.165) is 5.56 Å². The van der Waals surface area contributed by atoms with E-state index >= 15 is 0 Å². The van der Waals surface area contributed by atoms with Crippen molar-refractivity contribution in [1.82, 2.24) is 4.98 Å². The first-order valence-electron chi connectivity index (χ1n) is 6.27. The Hall–Kier alpha value is -1.76. The second-order valence-electron chi connectivity index (χ2n) is 4.20. The molecule has 0 radical (unpaired) electrons. The zero-order valence-corrected chi connectivity index (χ0v) is 12.3. The summed E-state index contributed by atoms with van der Waals surface area (Å²) in [6.45, 7) is 1.88. The molecule has 0 unspecified atom stereocenters. The van der Waals surface area contributed by atoms with Crippen LogP contribution in [-0.4, -0.2) is 12.1 Å². The number of thiazole rings is 1. The highest BCUT2D eigenvalue weighted by Crippen LogP contribution is 2.37. The third-order valence-corrected chi connectivity index (χ3v) is 4.01. The number of hydrogen-bond acceptors (Lipinski definition) is 4. The Bertz CT molecular complexity index is 611. The lowest BCUT2D eigenvalue weighted by molar-refractivity contribution is -0.137. The largest absolute Gasteiger partial charge is 0.496 e. The fraction of sp³-hybridized carbons (Fsp3) is 0.357. The lowest BCUT2D eigenvalue weighted by atomic mass is 10.2. The first-order valence-corrected chi connectivity index (χ1v) is 7.09. The number of aromatic nitrogens is 1. The van der Waals surface area contributed by atoms with Gasteiger partial charge in [0, 0.05) is 5.56 Å². The zero-order chi connectivity index (χ0) is 15.5. The number of alkyl halides is 3. The fourth-order valence-corrected chi connectivity index (χ4v) is 2.58. The Balaban J connectivity index is 2.18. The number of hydrogen-bond donors (Lipinski definition) is 0. The number of halogens is 3. The maximum Gasteiger partial charge on any atom is 0.443 e. The first-order chi connectivity index (χ1) is 9.95. The van der Waals surface area contributed by atoms with E-state index in [-0.39, 0.29) is 12.5 Å². The molecule has 0 aliphatic rings. The van der Waals surface area contributed by atoms with Gasteiger partial charge >= 0.3 is 6.18 Å². The van der Waals surface area contributed by atoms with Crippen molar-refractivity contribution in [2.75, 3.05) is 7.11 Å². The van der Waals surface area contributed by atoms with Gasteiger partial charge in [-0.1, -0.05) is 25.1 Å². The van der Waals surface area contributed by atoms with Crippen LogP contribution in [0.3, 0.4) is 0 Å². The molecule has 0 spiro atoms. The van der Waals surface area contributed by atoms with Gasteiger partial charge in [0.1, 0.15) is 12.4 Å². The molecule has 21 heavy (non-hydrogen) atoms. The van der Waals surface area contributed by atoms with Crippen LogP contribution in [0.4, 0.5) is 13.2 Å². The van der Waals surface area contributed by atoms with Crippen molar-refractivity contribution in [1.29, 1.82) is 0 Å². The molecule has 1 heterocycles. The summed E-state index contributed by atoms with van der Waals surface area (Å²) in [5.41, 5.74) is 0.753. The Morgan fingerprint density at radius 3 is 2.57 bits per heavy atom. The summed E-state index contributed by atoms with van der Waals surface area (Å²) in [4.78, 5) is 4.04. The van der Waals surface area contributed by atoms with Crippen molar-refractivity contribution in [2.24, 2.45) is 0 Å². The van der Waals surface area contributed by atoms with Crippen LogP contribution in [0, 0.1) is 0 Å². The normalized spacial score (nSPS) is 11.5. The molecule has 0 N–H and O–H groups in total. The topological polar surface area (TPSA) is 31.4 Å². The number of nitrogens with zero attached hydrogens (tertiary/aromatic N) is 1. The zero-order valence-electron chi connectivity index (χ0n) is 11.5. The van der Waals surface area contributed by atoms with E-state index in [4.69, 9.17) is 9.47 Å². The SMILES string of the molecule is CCc1sc(C(F)(F)F)nc1OCc1ccccc1OC. The molecule has 0 aliphatic heterocycles. The average Bonchev–Trinajstić information content (AvgIpc) is 2.88. The number of rotatable bonds is 5. The van der Waals surface area contributed by atoms with Crippen LogP contribution in [0.1, 0.15) is 22.4 Å². The van der Waals surface area contributed by atoms with Crippen LogP contribution in [0.2, 0.25) is 0 Å². The van der Waals surface area contributed by atoms with E-state index in [0.29, 0.717) is 28.4 Å². The summed E-state index contributed by atoms with van der Waals surface area (Å²) in [5.74, 6) is 0.669. The highest BCUT2D eigenvalue weighted by atomic mass is 32.1. The number of ether oxygens (including phenoxy) is 2. The average molecular weight is 317 g/mol. The first kappa shape index (κ1) is 15.6. The Kier molecular flexibility index (Phi) is 4.72. The molecule has 0 fully saturated rings. The lowest BCUT2D eigenvalue weighted by Crippen LogP contribution is -2.04. The second-order valence-corrected chi connectivity index (χ2v) is 5.28. The number of para-hydroxylation sites is 1. The van der Waals surface area contributed by atoms with Gasteiger partial charge in [-0.2, -0.15) is 18.2 Å². The molecule has 1 aromatic heterocycles. The van der Waals surface area contributed by atoms with E-state index in [1.165, 1.54) is 7.11 Å². The van der Waals surface area contributed by atoms with Crippen molar-refractivity contribution in [2.45, 2.75) is 26.1 Å². The summed E-state index contributed by atoms with van der Waals surface area (Å²) >= 11 is 0.619. The highest BCUT2D eigenvalue weighted by molar-refractivity contribution is 7.12. The summed E-state index contributed by atoms with van der Waals surface area (Å²) in [5, 5.41) is -0.880. The molecule has 0 saturated carbocycles. The standard InChI is InChI=1S/C14H14F3NO2S/c1-3-11-12(18-13(21-11)14(15,16)17)20-8-9-6-4-5-7-10(9)19-2/h4-7H,3,8H2,1-2H3. The van der Waals surface area contributed by atoms with Gasteiger partial charge in [0.05, 0.1) is 12.0 Å². The van der Waals surface area contributed by atoms with Crippen LogP contribution in [0.15, 0.2) is 24.3 Å². The summed E-state index contributed by atoms with van der Waals surface area (Å²) in [7, 11) is 1.53. The molecule has 0 atom stereocenters. The predicted octanol–water partition coefficient (Wildman–Crippen LogP) is 4.31. The minimum Gasteiger partial charge on any atom is -0.496 e. The molecule has 1 aromatic carbocycles. The Morgan fingerprint density at radius 1 is 1.24 bits per heavy atom. The number of aryl methyl sites for hydroxylation is 1. The van der Waals surface area contributed by atoms with Crippen LogP contribution < -0.4 is 9.47 Å². The van der Waals surface area contributed by atoms with Gasteiger partial charge in [-0.05, 0) is 12.5 Å². The van der Waals surface area contributed by atoms with Crippen molar-refractivity contribution < 1.29 is 22.6 Å². The maximum atomic E-state index is 12.7. The van der Waals surface area contributed by atoms with E-state index < -0.39 is 11.2 Å². The van der Waals surface area contributed by atoms with E-state index in [2.05, 4.69) is 4.98 Å². The molecule has 7 heteroatoms. The van der Waals surface area contributed by atoms with Gasteiger partial charge in [-0.3, -0.25) is 0 Å². The van der Waals surface area contributed by atoms with Gasteiger partial charge < -0.3 is 9.47 Å². The monoisotopic (exact) mass is 317 g/mol. The molecular formula is C14H14F3NO2S. The van der Waals surface area contributed by atoms with Crippen LogP contribution in [-0.2, 0) is 19.2 Å². The summed E-state index contributed by atoms with van der Waals surface area (Å²) < 4.78 is 48.6. The maximum absolute atomic E-state index is 12.7. The molecule has 114 valence electrons. The lowest BCUT2D eigenvalue weighted by Gasteiger charge is -2.09. The van der Waals surface area contributed by atoms with Crippen LogP contribution in [0.25, 0.3) is 0 Å². The quantitative estimate of drug-likeness (QED) is 0.823. The summed E-state index contributed by atoms with van der Waals surface area (Å²) in [6.07, 6.45) is -4.00. The van der Waals surface area contributed by atoms with Crippen molar-refractivity contribution in [3.8, 4) is 11.6 Å². The second kappa shape index (κ2) is 6.34.